The fourth-order valence-electron chi connectivity index (χ4n) is 3.49. The van der Waals surface area contributed by atoms with Gasteiger partial charge in [-0.15, -0.1) is 0 Å². The van der Waals surface area contributed by atoms with Crippen molar-refractivity contribution in [3.05, 3.63) is 46.9 Å². The van der Waals surface area contributed by atoms with Crippen molar-refractivity contribution in [1.29, 1.82) is 0 Å². The molecule has 0 aliphatic carbocycles. The smallest absolute Gasteiger partial charge is 0.254 e. The molecule has 2 aromatic heterocycles. The van der Waals surface area contributed by atoms with E-state index >= 15 is 0 Å². The third-order valence-electron chi connectivity index (χ3n) is 4.61. The number of likely N-dealkylation sites (tertiary alicyclic amines) is 1. The summed E-state index contributed by atoms with van der Waals surface area (Å²) in [6.07, 6.45) is 5.43. The van der Waals surface area contributed by atoms with Crippen molar-refractivity contribution >= 4 is 22.9 Å². The summed E-state index contributed by atoms with van der Waals surface area (Å²) >= 11 is 1.56. The molecule has 4 rings (SSSR count). The lowest BCUT2D eigenvalue weighted by molar-refractivity contribution is 0.0125. The Balaban J connectivity index is 1.38. The van der Waals surface area contributed by atoms with Gasteiger partial charge in [-0.3, -0.25) is 9.78 Å². The van der Waals surface area contributed by atoms with E-state index in [0.717, 1.165) is 30.6 Å². The molecule has 1 N–H and O–H groups in total. The highest BCUT2D eigenvalue weighted by atomic mass is 32.1. The van der Waals surface area contributed by atoms with Gasteiger partial charge in [0.15, 0.2) is 0 Å². The highest BCUT2D eigenvalue weighted by molar-refractivity contribution is 7.08. The van der Waals surface area contributed by atoms with Crippen LogP contribution in [0.2, 0.25) is 0 Å². The Bertz CT molecular complexity index is 676. The second-order valence-electron chi connectivity index (χ2n) is 6.27. The fraction of sp³-hybridized carbons (Fsp3) is 0.412. The van der Waals surface area contributed by atoms with Crippen LogP contribution in [0.1, 0.15) is 23.2 Å². The lowest BCUT2D eigenvalue weighted by Crippen LogP contribution is -2.36. The molecular formula is C17H19N3O2S. The summed E-state index contributed by atoms with van der Waals surface area (Å²) in [7, 11) is 0. The van der Waals surface area contributed by atoms with E-state index in [0.29, 0.717) is 13.2 Å². The van der Waals surface area contributed by atoms with Crippen LogP contribution in [0.4, 0.5) is 5.69 Å². The van der Waals surface area contributed by atoms with Gasteiger partial charge in [0.2, 0.25) is 0 Å². The maximum atomic E-state index is 12.5. The summed E-state index contributed by atoms with van der Waals surface area (Å²) in [5.74, 6) is 0.121. The van der Waals surface area contributed by atoms with Crippen molar-refractivity contribution in [3.63, 3.8) is 0 Å². The number of ether oxygens (including phenoxy) is 1. The number of pyridine rings is 1. The Hall–Kier alpha value is -1.92. The largest absolute Gasteiger partial charge is 0.379 e. The predicted octanol–water partition coefficient (Wildman–Crippen LogP) is 2.63. The van der Waals surface area contributed by atoms with E-state index in [1.54, 1.807) is 17.5 Å². The highest BCUT2D eigenvalue weighted by Crippen LogP contribution is 2.36. The van der Waals surface area contributed by atoms with E-state index in [2.05, 4.69) is 10.3 Å². The summed E-state index contributed by atoms with van der Waals surface area (Å²) in [6, 6.07) is 6.10. The van der Waals surface area contributed by atoms with E-state index < -0.39 is 0 Å². The van der Waals surface area contributed by atoms with Crippen molar-refractivity contribution in [3.8, 4) is 0 Å². The molecule has 0 bridgehead atoms. The highest BCUT2D eigenvalue weighted by Gasteiger charge is 2.46. The molecule has 2 aromatic rings. The molecule has 120 valence electrons. The Morgan fingerprint density at radius 3 is 3.22 bits per heavy atom. The number of hydrogen-bond donors (Lipinski definition) is 1. The fourth-order valence-corrected chi connectivity index (χ4v) is 4.12. The Kier molecular flexibility index (Phi) is 3.79. The first-order chi connectivity index (χ1) is 11.2. The topological polar surface area (TPSA) is 54.5 Å². The molecule has 2 atom stereocenters. The molecule has 2 fully saturated rings. The van der Waals surface area contributed by atoms with E-state index in [1.165, 1.54) is 0 Å². The molecule has 1 amide bonds. The lowest BCUT2D eigenvalue weighted by Gasteiger charge is -2.23. The summed E-state index contributed by atoms with van der Waals surface area (Å²) in [5, 5.41) is 7.33. The SMILES string of the molecule is O=C(c1ccsc1)N1CC[C@@]2(C[C@H](Nc3cccnc3)CO2)C1. The van der Waals surface area contributed by atoms with Gasteiger partial charge in [0.25, 0.3) is 5.91 Å². The van der Waals surface area contributed by atoms with E-state index in [1.807, 2.05) is 40.1 Å². The standard InChI is InChI=1S/C17H19N3O2S/c21-16(13-3-7-23-11-13)20-6-4-17(12-20)8-15(10-22-17)19-14-2-1-5-18-9-14/h1-3,5,7,9,11,15,19H,4,6,8,10,12H2/t15-,17+/m0/s1. The summed E-state index contributed by atoms with van der Waals surface area (Å²) in [5.41, 5.74) is 1.61. The van der Waals surface area contributed by atoms with Gasteiger partial charge in [0, 0.05) is 30.7 Å². The van der Waals surface area contributed by atoms with Gasteiger partial charge in [0.05, 0.1) is 36.0 Å². The van der Waals surface area contributed by atoms with Crippen LogP contribution in [0.25, 0.3) is 0 Å². The van der Waals surface area contributed by atoms with Crippen LogP contribution >= 0.6 is 11.3 Å². The summed E-state index contributed by atoms with van der Waals surface area (Å²) < 4.78 is 6.11. The van der Waals surface area contributed by atoms with Crippen LogP contribution in [-0.4, -0.2) is 47.1 Å². The molecule has 2 aliphatic rings. The average molecular weight is 329 g/mol. The number of thiophene rings is 1. The zero-order valence-electron chi connectivity index (χ0n) is 12.8. The zero-order valence-corrected chi connectivity index (χ0v) is 13.6. The molecule has 2 saturated heterocycles. The van der Waals surface area contributed by atoms with Gasteiger partial charge in [-0.2, -0.15) is 11.3 Å². The Morgan fingerprint density at radius 1 is 1.48 bits per heavy atom. The number of rotatable bonds is 3. The van der Waals surface area contributed by atoms with Crippen molar-refractivity contribution in [2.75, 3.05) is 25.0 Å². The Morgan fingerprint density at radius 2 is 2.43 bits per heavy atom. The molecule has 0 unspecified atom stereocenters. The maximum Gasteiger partial charge on any atom is 0.254 e. The van der Waals surface area contributed by atoms with Crippen molar-refractivity contribution in [1.82, 2.24) is 9.88 Å². The molecule has 0 saturated carbocycles. The van der Waals surface area contributed by atoms with Gasteiger partial charge in [0.1, 0.15) is 0 Å². The molecule has 5 nitrogen and oxygen atoms in total. The number of anilines is 1. The molecule has 6 heteroatoms. The van der Waals surface area contributed by atoms with Crippen LogP contribution < -0.4 is 5.32 Å². The first-order valence-electron chi connectivity index (χ1n) is 7.86. The van der Waals surface area contributed by atoms with Gasteiger partial charge in [-0.1, -0.05) is 0 Å². The van der Waals surface area contributed by atoms with Crippen molar-refractivity contribution in [2.24, 2.45) is 0 Å². The molecule has 0 aromatic carbocycles. The molecule has 23 heavy (non-hydrogen) atoms. The van der Waals surface area contributed by atoms with Gasteiger partial charge in [-0.25, -0.2) is 0 Å². The quantitative estimate of drug-likeness (QED) is 0.940. The van der Waals surface area contributed by atoms with Gasteiger partial charge < -0.3 is 15.0 Å². The molecule has 2 aliphatic heterocycles. The number of carbonyl (C=O) groups is 1. The molecule has 0 radical (unpaired) electrons. The first kappa shape index (κ1) is 14.7. The van der Waals surface area contributed by atoms with Gasteiger partial charge in [-0.05, 0) is 30.0 Å². The minimum atomic E-state index is -0.189. The zero-order chi connectivity index (χ0) is 15.7. The third-order valence-corrected chi connectivity index (χ3v) is 5.30. The average Bonchev–Trinajstić information content (AvgIpc) is 3.31. The number of carbonyl (C=O) groups excluding carboxylic acids is 1. The third kappa shape index (κ3) is 2.96. The van der Waals surface area contributed by atoms with E-state index in [9.17, 15) is 4.79 Å². The molecule has 1 spiro atoms. The van der Waals surface area contributed by atoms with E-state index in [-0.39, 0.29) is 17.6 Å². The minimum absolute atomic E-state index is 0.121. The lowest BCUT2D eigenvalue weighted by atomic mass is 9.97. The number of amides is 1. The second kappa shape index (κ2) is 5.94. The van der Waals surface area contributed by atoms with Crippen LogP contribution in [0, 0.1) is 0 Å². The monoisotopic (exact) mass is 329 g/mol. The molecular weight excluding hydrogens is 310 g/mol. The Labute approximate surface area is 139 Å². The van der Waals surface area contributed by atoms with Crippen molar-refractivity contribution in [2.45, 2.75) is 24.5 Å². The number of nitrogens with zero attached hydrogens (tertiary/aromatic N) is 2. The normalized spacial score (nSPS) is 26.8. The maximum absolute atomic E-state index is 12.5. The van der Waals surface area contributed by atoms with Crippen LogP contribution in [-0.2, 0) is 4.74 Å². The van der Waals surface area contributed by atoms with Crippen LogP contribution in [0.15, 0.2) is 41.4 Å². The van der Waals surface area contributed by atoms with Crippen molar-refractivity contribution < 1.29 is 9.53 Å². The van der Waals surface area contributed by atoms with Crippen LogP contribution in [0.3, 0.4) is 0 Å². The number of hydrogen-bond acceptors (Lipinski definition) is 5. The molecule has 4 heterocycles. The number of aromatic nitrogens is 1. The minimum Gasteiger partial charge on any atom is -0.379 e. The van der Waals surface area contributed by atoms with Gasteiger partial charge >= 0.3 is 0 Å². The predicted molar refractivity (Wildman–Crippen MR) is 89.8 cm³/mol. The first-order valence-corrected chi connectivity index (χ1v) is 8.80. The second-order valence-corrected chi connectivity index (χ2v) is 7.05. The number of nitrogens with one attached hydrogen (secondary N) is 1. The van der Waals surface area contributed by atoms with Crippen LogP contribution in [0.5, 0.6) is 0 Å². The summed E-state index contributed by atoms with van der Waals surface area (Å²) in [4.78, 5) is 18.5. The summed E-state index contributed by atoms with van der Waals surface area (Å²) in [6.45, 7) is 2.14. The van der Waals surface area contributed by atoms with E-state index in [4.69, 9.17) is 4.74 Å².